The first-order valence-corrected chi connectivity index (χ1v) is 15.2. The summed E-state index contributed by atoms with van der Waals surface area (Å²) in [5, 5.41) is 21.0. The molecular weight excluding hydrogens is 659 g/mol. The number of carboxylic acid groups (broad SMARTS) is 1. The molecule has 1 aliphatic rings. The van der Waals surface area contributed by atoms with Gasteiger partial charge in [0.2, 0.25) is 0 Å². The molecule has 0 unspecified atom stereocenters. The molecule has 0 bridgehead atoms. The average molecular weight is 695 g/mol. The van der Waals surface area contributed by atoms with Crippen molar-refractivity contribution < 1.29 is 49.4 Å². The highest BCUT2D eigenvalue weighted by molar-refractivity contribution is 5.70. The van der Waals surface area contributed by atoms with Crippen molar-refractivity contribution in [1.82, 2.24) is 20.2 Å². The van der Waals surface area contributed by atoms with Gasteiger partial charge in [-0.25, -0.2) is 0 Å². The van der Waals surface area contributed by atoms with E-state index in [1.165, 1.54) is 18.0 Å². The number of alkyl halides is 9. The normalized spacial score (nSPS) is 17.5. The van der Waals surface area contributed by atoms with Crippen molar-refractivity contribution in [2.24, 2.45) is 24.8 Å². The second kappa shape index (κ2) is 14.2. The summed E-state index contributed by atoms with van der Waals surface area (Å²) >= 11 is 0. The molecule has 1 saturated carbocycles. The van der Waals surface area contributed by atoms with Crippen LogP contribution in [0.4, 0.5) is 51.1 Å². The van der Waals surface area contributed by atoms with Crippen LogP contribution in [0.5, 0.6) is 0 Å². The Kier molecular flexibility index (Phi) is 10.9. The standard InChI is InChI=1S/C31H35F9N6O2/c1-18(2)14-45(15-19-4-6-21(7-5-19)27(47)48)26-9-8-23(29(32,33)34)12-22(26)17-46(28-41-43-44(3)42-28)16-20-10-24(30(35,36)37)13-25(11-20)31(38,39)40/h8-13,18-19,21H,4-7,14-17H2,1-3H3,(H,47,48). The van der Waals surface area contributed by atoms with E-state index in [4.69, 9.17) is 0 Å². The first kappa shape index (κ1) is 36.8. The van der Waals surface area contributed by atoms with Crippen LogP contribution in [0.2, 0.25) is 0 Å². The van der Waals surface area contributed by atoms with Crippen LogP contribution in [0.25, 0.3) is 0 Å². The largest absolute Gasteiger partial charge is 0.481 e. The summed E-state index contributed by atoms with van der Waals surface area (Å²) in [6, 6.07) is 4.21. The molecule has 48 heavy (non-hydrogen) atoms. The van der Waals surface area contributed by atoms with Crippen molar-refractivity contribution in [3.63, 3.8) is 0 Å². The molecule has 0 amide bonds. The number of nitrogens with zero attached hydrogens (tertiary/aromatic N) is 6. The number of carbonyl (C=O) groups is 1. The third-order valence-corrected chi connectivity index (χ3v) is 8.17. The van der Waals surface area contributed by atoms with Gasteiger partial charge in [0, 0.05) is 31.9 Å². The second-order valence-electron chi connectivity index (χ2n) is 12.5. The quantitative estimate of drug-likeness (QED) is 0.205. The maximum atomic E-state index is 14.0. The number of tetrazole rings is 1. The molecular formula is C31H35F9N6O2. The molecule has 1 heterocycles. The minimum Gasteiger partial charge on any atom is -0.481 e. The second-order valence-corrected chi connectivity index (χ2v) is 12.5. The highest BCUT2D eigenvalue weighted by Crippen LogP contribution is 2.39. The van der Waals surface area contributed by atoms with Gasteiger partial charge in [0.1, 0.15) is 0 Å². The van der Waals surface area contributed by atoms with Gasteiger partial charge in [-0.1, -0.05) is 18.9 Å². The fourth-order valence-corrected chi connectivity index (χ4v) is 5.95. The van der Waals surface area contributed by atoms with Crippen LogP contribution >= 0.6 is 0 Å². The van der Waals surface area contributed by atoms with Crippen molar-refractivity contribution >= 4 is 17.6 Å². The number of hydrogen-bond donors (Lipinski definition) is 1. The predicted molar refractivity (Wildman–Crippen MR) is 157 cm³/mol. The molecule has 8 nitrogen and oxygen atoms in total. The van der Waals surface area contributed by atoms with Crippen LogP contribution in [0, 0.1) is 17.8 Å². The van der Waals surface area contributed by atoms with Gasteiger partial charge in [0.15, 0.2) is 0 Å². The molecule has 0 saturated heterocycles. The molecule has 17 heteroatoms. The van der Waals surface area contributed by atoms with Gasteiger partial charge in [-0.15, -0.1) is 5.10 Å². The van der Waals surface area contributed by atoms with E-state index in [0.717, 1.165) is 16.9 Å². The van der Waals surface area contributed by atoms with Gasteiger partial charge in [-0.2, -0.15) is 44.3 Å². The summed E-state index contributed by atoms with van der Waals surface area (Å²) in [6.07, 6.45) is -12.9. The molecule has 1 aliphatic carbocycles. The van der Waals surface area contributed by atoms with Crippen LogP contribution in [0.15, 0.2) is 36.4 Å². The van der Waals surface area contributed by atoms with Gasteiger partial charge in [-0.05, 0) is 90.3 Å². The first-order valence-electron chi connectivity index (χ1n) is 15.2. The number of anilines is 2. The van der Waals surface area contributed by atoms with Crippen LogP contribution in [0.1, 0.15) is 67.3 Å². The zero-order valence-electron chi connectivity index (χ0n) is 26.3. The Morgan fingerprint density at radius 3 is 1.92 bits per heavy atom. The maximum absolute atomic E-state index is 14.0. The summed E-state index contributed by atoms with van der Waals surface area (Å²) < 4.78 is 124. The smallest absolute Gasteiger partial charge is 0.416 e. The van der Waals surface area contributed by atoms with Crippen molar-refractivity contribution in [1.29, 1.82) is 0 Å². The van der Waals surface area contributed by atoms with Gasteiger partial charge in [0.25, 0.3) is 5.95 Å². The number of hydrogen-bond acceptors (Lipinski definition) is 6. The molecule has 4 rings (SSSR count). The Morgan fingerprint density at radius 1 is 0.854 bits per heavy atom. The van der Waals surface area contributed by atoms with E-state index in [1.54, 1.807) is 0 Å². The van der Waals surface area contributed by atoms with Crippen molar-refractivity contribution in [3.05, 3.63) is 64.2 Å². The minimum atomic E-state index is -5.11. The van der Waals surface area contributed by atoms with Crippen molar-refractivity contribution in [2.45, 2.75) is 71.1 Å². The Balaban J connectivity index is 1.78. The van der Waals surface area contributed by atoms with Gasteiger partial charge < -0.3 is 14.9 Å². The third-order valence-electron chi connectivity index (χ3n) is 8.17. The lowest BCUT2D eigenvalue weighted by molar-refractivity contribution is -0.144. The van der Waals surface area contributed by atoms with Crippen LogP contribution in [-0.4, -0.2) is 44.4 Å². The topological polar surface area (TPSA) is 87.4 Å². The van der Waals surface area contributed by atoms with Crippen LogP contribution in [0.3, 0.4) is 0 Å². The number of benzene rings is 2. The van der Waals surface area contributed by atoms with E-state index < -0.39 is 65.8 Å². The van der Waals surface area contributed by atoms with E-state index in [2.05, 4.69) is 15.4 Å². The fourth-order valence-electron chi connectivity index (χ4n) is 5.95. The Labute approximate surface area is 270 Å². The molecule has 2 aromatic carbocycles. The molecule has 1 N–H and O–H groups in total. The van der Waals surface area contributed by atoms with Crippen LogP contribution < -0.4 is 9.80 Å². The molecule has 0 radical (unpaired) electrons. The molecule has 0 atom stereocenters. The Morgan fingerprint density at radius 2 is 1.44 bits per heavy atom. The molecule has 1 aromatic heterocycles. The van der Waals surface area contributed by atoms with E-state index in [-0.39, 0.29) is 29.4 Å². The highest BCUT2D eigenvalue weighted by Gasteiger charge is 2.38. The van der Waals surface area contributed by atoms with Crippen LogP contribution in [-0.2, 0) is 43.5 Å². The van der Waals surface area contributed by atoms with E-state index in [0.29, 0.717) is 56.6 Å². The summed E-state index contributed by atoms with van der Waals surface area (Å²) in [6.45, 7) is 3.58. The number of carboxylic acids is 1. The molecule has 3 aromatic rings. The lowest BCUT2D eigenvalue weighted by Gasteiger charge is -2.36. The summed E-state index contributed by atoms with van der Waals surface area (Å²) in [4.78, 5) is 15.5. The average Bonchev–Trinajstić information content (AvgIpc) is 3.41. The number of aromatic nitrogens is 4. The van der Waals surface area contributed by atoms with Gasteiger partial charge in [-0.3, -0.25) is 4.79 Å². The molecule has 0 aliphatic heterocycles. The van der Waals surface area contributed by atoms with E-state index >= 15 is 0 Å². The van der Waals surface area contributed by atoms with E-state index in [9.17, 15) is 49.4 Å². The lowest BCUT2D eigenvalue weighted by atomic mass is 9.81. The number of halogens is 9. The zero-order chi connectivity index (χ0) is 35.6. The zero-order valence-corrected chi connectivity index (χ0v) is 26.3. The Bertz CT molecular complexity index is 1530. The van der Waals surface area contributed by atoms with Crippen molar-refractivity contribution in [3.8, 4) is 0 Å². The minimum absolute atomic E-state index is 0.00690. The summed E-state index contributed by atoms with van der Waals surface area (Å²) in [5.41, 5.74) is -4.04. The SMILES string of the molecule is CC(C)CN(CC1CCC(C(=O)O)CC1)c1ccc(C(F)(F)F)cc1CN(Cc1cc(C(F)(F)F)cc(C(F)(F)F)c1)c1nnn(C)n1. The Hall–Kier alpha value is -4.05. The summed E-state index contributed by atoms with van der Waals surface area (Å²) in [7, 11) is 1.37. The molecule has 1 fully saturated rings. The fraction of sp³-hybridized carbons (Fsp3) is 0.548. The first-order chi connectivity index (χ1) is 22.2. The number of aryl methyl sites for hydroxylation is 1. The van der Waals surface area contributed by atoms with Gasteiger partial charge >= 0.3 is 24.5 Å². The lowest BCUT2D eigenvalue weighted by Crippen LogP contribution is -2.36. The highest BCUT2D eigenvalue weighted by atomic mass is 19.4. The van der Waals surface area contributed by atoms with Crippen molar-refractivity contribution in [2.75, 3.05) is 22.9 Å². The summed E-state index contributed by atoms with van der Waals surface area (Å²) in [5.74, 6) is -1.49. The predicted octanol–water partition coefficient (Wildman–Crippen LogP) is 7.83. The molecule has 0 spiro atoms. The van der Waals surface area contributed by atoms with Gasteiger partial charge in [0.05, 0.1) is 29.7 Å². The van der Waals surface area contributed by atoms with E-state index in [1.807, 2.05) is 18.7 Å². The molecule has 264 valence electrons. The number of aliphatic carboxylic acids is 1. The monoisotopic (exact) mass is 694 g/mol. The maximum Gasteiger partial charge on any atom is 0.416 e. The number of rotatable bonds is 11. The third kappa shape index (κ3) is 9.52.